The van der Waals surface area contributed by atoms with Gasteiger partial charge in [0.05, 0.1) is 4.90 Å². The largest absolute Gasteiger partial charge is 0.317 e. The van der Waals surface area contributed by atoms with Crippen molar-refractivity contribution in [3.63, 3.8) is 0 Å². The summed E-state index contributed by atoms with van der Waals surface area (Å²) in [5.41, 5.74) is -0.355. The third-order valence-electron chi connectivity index (χ3n) is 3.19. The lowest BCUT2D eigenvalue weighted by Crippen LogP contribution is -2.52. The van der Waals surface area contributed by atoms with Crippen LogP contribution in [0.2, 0.25) is 0 Å². The fourth-order valence-corrected chi connectivity index (χ4v) is 4.16. The molecule has 1 fully saturated rings. The Kier molecular flexibility index (Phi) is 5.82. The predicted octanol–water partition coefficient (Wildman–Crippen LogP) is 2.29. The first-order valence-electron chi connectivity index (χ1n) is 5.92. The lowest BCUT2D eigenvalue weighted by molar-refractivity contribution is 0.308. The maximum absolute atomic E-state index is 12.3. The van der Waals surface area contributed by atoms with Crippen LogP contribution < -0.4 is 10.0 Å². The second-order valence-corrected chi connectivity index (χ2v) is 7.47. The molecule has 108 valence electrons. The number of hydrogen-bond donors (Lipinski definition) is 2. The van der Waals surface area contributed by atoms with Crippen molar-refractivity contribution >= 4 is 38.4 Å². The minimum absolute atomic E-state index is 0. The Morgan fingerprint density at radius 1 is 1.32 bits per heavy atom. The van der Waals surface area contributed by atoms with Gasteiger partial charge in [0.25, 0.3) is 0 Å². The maximum atomic E-state index is 12.3. The van der Waals surface area contributed by atoms with Gasteiger partial charge in [0.2, 0.25) is 10.0 Å². The molecule has 2 N–H and O–H groups in total. The number of halogens is 2. The summed E-state index contributed by atoms with van der Waals surface area (Å²) in [7, 11) is -3.45. The van der Waals surface area contributed by atoms with Crippen LogP contribution in [0.25, 0.3) is 0 Å². The van der Waals surface area contributed by atoms with Gasteiger partial charge in [-0.2, -0.15) is 0 Å². The first kappa shape index (κ1) is 16.9. The van der Waals surface area contributed by atoms with Crippen molar-refractivity contribution in [2.24, 2.45) is 0 Å². The maximum Gasteiger partial charge on any atom is 0.241 e. The number of rotatable bonds is 3. The lowest BCUT2D eigenvalue weighted by atomic mass is 9.92. The molecular weight excluding hydrogens is 352 g/mol. The topological polar surface area (TPSA) is 58.2 Å². The molecule has 0 aromatic heterocycles. The highest BCUT2D eigenvalue weighted by molar-refractivity contribution is 9.10. The molecule has 0 unspecified atom stereocenters. The Labute approximate surface area is 128 Å². The van der Waals surface area contributed by atoms with Crippen LogP contribution in [-0.4, -0.2) is 27.0 Å². The average molecular weight is 370 g/mol. The fraction of sp³-hybridized carbons (Fsp3) is 0.500. The van der Waals surface area contributed by atoms with E-state index in [2.05, 4.69) is 26.0 Å². The minimum atomic E-state index is -3.45. The van der Waals surface area contributed by atoms with Gasteiger partial charge < -0.3 is 5.32 Å². The van der Waals surface area contributed by atoms with Gasteiger partial charge in [0.15, 0.2) is 0 Å². The van der Waals surface area contributed by atoms with Gasteiger partial charge in [0.1, 0.15) is 0 Å². The average Bonchev–Trinajstić information content (AvgIpc) is 2.28. The van der Waals surface area contributed by atoms with Gasteiger partial charge in [-0.3, -0.25) is 0 Å². The summed E-state index contributed by atoms with van der Waals surface area (Å²) < 4.78 is 28.2. The zero-order valence-electron chi connectivity index (χ0n) is 10.6. The number of piperidine rings is 1. The van der Waals surface area contributed by atoms with Crippen LogP contribution in [0.15, 0.2) is 33.6 Å². The standard InChI is InChI=1S/C12H17BrN2O2S.ClH/c1-12(5-7-14-8-6-12)15-18(16,17)11-4-2-3-10(13)9-11;/h2-4,9,14-15H,5-8H2,1H3;1H. The molecule has 1 aromatic rings. The van der Waals surface area contributed by atoms with Gasteiger partial charge in [-0.15, -0.1) is 12.4 Å². The highest BCUT2D eigenvalue weighted by atomic mass is 79.9. The van der Waals surface area contributed by atoms with E-state index >= 15 is 0 Å². The Bertz CT molecular complexity index is 530. The Hall–Kier alpha value is -0.140. The van der Waals surface area contributed by atoms with Crippen molar-refractivity contribution < 1.29 is 8.42 Å². The van der Waals surface area contributed by atoms with E-state index in [-0.39, 0.29) is 17.9 Å². The molecule has 4 nitrogen and oxygen atoms in total. The Morgan fingerprint density at radius 2 is 1.95 bits per heavy atom. The molecule has 0 aliphatic carbocycles. The van der Waals surface area contributed by atoms with E-state index in [0.29, 0.717) is 4.90 Å². The number of nitrogens with one attached hydrogen (secondary N) is 2. The SMILES string of the molecule is CC1(NS(=O)(=O)c2cccc(Br)c2)CCNCC1.Cl. The molecule has 0 saturated carbocycles. The Balaban J connectivity index is 0.00000180. The molecule has 7 heteroatoms. The van der Waals surface area contributed by atoms with Crippen LogP contribution in [0.4, 0.5) is 0 Å². The molecule has 0 amide bonds. The minimum Gasteiger partial charge on any atom is -0.317 e. The van der Waals surface area contributed by atoms with Crippen molar-refractivity contribution in [2.45, 2.75) is 30.2 Å². The van der Waals surface area contributed by atoms with Gasteiger partial charge in [-0.25, -0.2) is 13.1 Å². The summed E-state index contributed by atoms with van der Waals surface area (Å²) >= 11 is 3.29. The van der Waals surface area contributed by atoms with Crippen molar-refractivity contribution in [1.82, 2.24) is 10.0 Å². The number of benzene rings is 1. The van der Waals surface area contributed by atoms with E-state index in [1.165, 1.54) is 0 Å². The molecule has 1 aliphatic heterocycles. The zero-order chi connectivity index (χ0) is 13.2. The van der Waals surface area contributed by atoms with E-state index < -0.39 is 10.0 Å². The van der Waals surface area contributed by atoms with Gasteiger partial charge in [-0.1, -0.05) is 22.0 Å². The van der Waals surface area contributed by atoms with Crippen molar-refractivity contribution in [3.05, 3.63) is 28.7 Å². The summed E-state index contributed by atoms with van der Waals surface area (Å²) in [4.78, 5) is 0.302. The zero-order valence-corrected chi connectivity index (χ0v) is 13.9. The van der Waals surface area contributed by atoms with E-state index in [0.717, 1.165) is 30.4 Å². The Morgan fingerprint density at radius 3 is 2.53 bits per heavy atom. The van der Waals surface area contributed by atoms with Crippen molar-refractivity contribution in [2.75, 3.05) is 13.1 Å². The first-order chi connectivity index (χ1) is 8.41. The molecule has 1 aliphatic rings. The normalized spacial score (nSPS) is 18.6. The highest BCUT2D eigenvalue weighted by Gasteiger charge is 2.31. The summed E-state index contributed by atoms with van der Waals surface area (Å²) in [6, 6.07) is 6.76. The molecule has 1 saturated heterocycles. The van der Waals surface area contributed by atoms with Crippen LogP contribution in [-0.2, 0) is 10.0 Å². The molecule has 2 rings (SSSR count). The van der Waals surface area contributed by atoms with Crippen molar-refractivity contribution in [1.29, 1.82) is 0 Å². The lowest BCUT2D eigenvalue weighted by Gasteiger charge is -2.34. The molecule has 0 atom stereocenters. The highest BCUT2D eigenvalue weighted by Crippen LogP contribution is 2.22. The van der Waals surface area contributed by atoms with Gasteiger partial charge in [-0.05, 0) is 51.1 Å². The van der Waals surface area contributed by atoms with Crippen LogP contribution in [0, 0.1) is 0 Å². The number of hydrogen-bond acceptors (Lipinski definition) is 3. The van der Waals surface area contributed by atoms with E-state index in [9.17, 15) is 8.42 Å². The van der Waals surface area contributed by atoms with E-state index in [1.54, 1.807) is 18.2 Å². The smallest absolute Gasteiger partial charge is 0.241 e. The van der Waals surface area contributed by atoms with Crippen LogP contribution >= 0.6 is 28.3 Å². The van der Waals surface area contributed by atoms with Crippen LogP contribution in [0.3, 0.4) is 0 Å². The molecule has 0 spiro atoms. The monoisotopic (exact) mass is 368 g/mol. The van der Waals surface area contributed by atoms with Gasteiger partial charge in [0, 0.05) is 10.0 Å². The third kappa shape index (κ3) is 4.43. The fourth-order valence-electron chi connectivity index (χ4n) is 2.10. The van der Waals surface area contributed by atoms with Crippen LogP contribution in [0.5, 0.6) is 0 Å². The second-order valence-electron chi connectivity index (χ2n) is 4.87. The van der Waals surface area contributed by atoms with E-state index in [1.807, 2.05) is 13.0 Å². The third-order valence-corrected chi connectivity index (χ3v) is 5.32. The van der Waals surface area contributed by atoms with Crippen molar-refractivity contribution in [3.8, 4) is 0 Å². The molecular formula is C12H18BrClN2O2S. The summed E-state index contributed by atoms with van der Waals surface area (Å²) in [5, 5.41) is 3.23. The molecule has 19 heavy (non-hydrogen) atoms. The summed E-state index contributed by atoms with van der Waals surface area (Å²) in [6.07, 6.45) is 1.61. The van der Waals surface area contributed by atoms with Gasteiger partial charge >= 0.3 is 0 Å². The second kappa shape index (κ2) is 6.54. The molecule has 1 heterocycles. The summed E-state index contributed by atoms with van der Waals surface area (Å²) in [5.74, 6) is 0. The molecule has 0 bridgehead atoms. The van der Waals surface area contributed by atoms with Crippen LogP contribution in [0.1, 0.15) is 19.8 Å². The summed E-state index contributed by atoms with van der Waals surface area (Å²) in [6.45, 7) is 3.65. The van der Waals surface area contributed by atoms with E-state index in [4.69, 9.17) is 0 Å². The molecule has 0 radical (unpaired) electrons. The quantitative estimate of drug-likeness (QED) is 0.859. The number of sulfonamides is 1. The predicted molar refractivity (Wildman–Crippen MR) is 82.2 cm³/mol. The first-order valence-corrected chi connectivity index (χ1v) is 8.19. The molecule has 1 aromatic carbocycles.